The molecule has 0 aliphatic carbocycles. The summed E-state index contributed by atoms with van der Waals surface area (Å²) in [6, 6.07) is 10.8. The number of non-ortho nitro benzene ring substituents is 1. The number of hydrogen-bond acceptors (Lipinski definition) is 4. The number of nitro groups is 1. The summed E-state index contributed by atoms with van der Waals surface area (Å²) in [7, 11) is 0. The Morgan fingerprint density at radius 2 is 2.00 bits per heavy atom. The molecule has 0 saturated carbocycles. The molecular formula is C14H11ClN2O4. The van der Waals surface area contributed by atoms with Gasteiger partial charge in [0, 0.05) is 18.7 Å². The number of carbonyl (C=O) groups is 1. The van der Waals surface area contributed by atoms with Crippen molar-refractivity contribution in [2.24, 2.45) is 0 Å². The van der Waals surface area contributed by atoms with Crippen molar-refractivity contribution in [3.8, 4) is 0 Å². The number of halogens is 1. The number of aromatic carboxylic acids is 1. The van der Waals surface area contributed by atoms with Crippen molar-refractivity contribution in [1.29, 1.82) is 0 Å². The number of nitrogens with one attached hydrogen (secondary N) is 1. The predicted octanol–water partition coefficient (Wildman–Crippen LogP) is 3.56. The maximum Gasteiger partial charge on any atom is 0.339 e. The summed E-state index contributed by atoms with van der Waals surface area (Å²) >= 11 is 5.86. The average molecular weight is 307 g/mol. The average Bonchev–Trinajstić information content (AvgIpc) is 2.45. The smallest absolute Gasteiger partial charge is 0.339 e. The van der Waals surface area contributed by atoms with Crippen molar-refractivity contribution in [2.75, 3.05) is 5.32 Å². The zero-order valence-electron chi connectivity index (χ0n) is 10.7. The van der Waals surface area contributed by atoms with Crippen LogP contribution in [0.3, 0.4) is 0 Å². The first-order valence-electron chi connectivity index (χ1n) is 5.98. The molecule has 0 aliphatic heterocycles. The van der Waals surface area contributed by atoms with Crippen molar-refractivity contribution in [1.82, 2.24) is 0 Å². The van der Waals surface area contributed by atoms with E-state index < -0.39 is 10.9 Å². The van der Waals surface area contributed by atoms with Crippen molar-refractivity contribution in [3.05, 3.63) is 68.7 Å². The monoisotopic (exact) mass is 306 g/mol. The molecule has 108 valence electrons. The summed E-state index contributed by atoms with van der Waals surface area (Å²) in [5.41, 5.74) is 0.991. The Morgan fingerprint density at radius 3 is 2.67 bits per heavy atom. The maximum atomic E-state index is 11.2. The summed E-state index contributed by atoms with van der Waals surface area (Å²) in [4.78, 5) is 21.4. The lowest BCUT2D eigenvalue weighted by Crippen LogP contribution is -2.07. The molecule has 2 aromatic rings. The molecule has 6 nitrogen and oxygen atoms in total. The molecule has 0 bridgehead atoms. The zero-order valence-corrected chi connectivity index (χ0v) is 11.5. The third-order valence-corrected chi connectivity index (χ3v) is 3.15. The van der Waals surface area contributed by atoms with Crippen LogP contribution >= 0.6 is 11.6 Å². The third kappa shape index (κ3) is 3.49. The van der Waals surface area contributed by atoms with Gasteiger partial charge in [0.05, 0.1) is 15.6 Å². The Hall–Kier alpha value is -2.60. The highest BCUT2D eigenvalue weighted by Gasteiger charge is 2.14. The normalized spacial score (nSPS) is 10.1. The van der Waals surface area contributed by atoms with E-state index in [1.165, 1.54) is 18.2 Å². The number of hydrogen-bond donors (Lipinski definition) is 2. The lowest BCUT2D eigenvalue weighted by Gasteiger charge is -2.10. The number of carboxylic acid groups (broad SMARTS) is 1. The van der Waals surface area contributed by atoms with Gasteiger partial charge >= 0.3 is 5.97 Å². The fourth-order valence-corrected chi connectivity index (χ4v) is 2.12. The molecule has 0 aromatic heterocycles. The van der Waals surface area contributed by atoms with Crippen LogP contribution < -0.4 is 5.32 Å². The van der Waals surface area contributed by atoms with Gasteiger partial charge in [-0.1, -0.05) is 29.8 Å². The fraction of sp³-hybridized carbons (Fsp3) is 0.0714. The molecule has 0 fully saturated rings. The number of benzene rings is 2. The van der Waals surface area contributed by atoms with Crippen LogP contribution in [0.2, 0.25) is 5.02 Å². The van der Waals surface area contributed by atoms with E-state index >= 15 is 0 Å². The molecule has 0 unspecified atom stereocenters. The molecule has 0 atom stereocenters. The summed E-state index contributed by atoms with van der Waals surface area (Å²) in [5, 5.41) is 22.9. The molecule has 2 rings (SSSR count). The molecule has 2 N–H and O–H groups in total. The summed E-state index contributed by atoms with van der Waals surface area (Å²) in [6.07, 6.45) is 0. The molecule has 0 aliphatic rings. The van der Waals surface area contributed by atoms with Gasteiger partial charge in [-0.15, -0.1) is 0 Å². The minimum atomic E-state index is -1.14. The van der Waals surface area contributed by atoms with Crippen LogP contribution in [0.4, 0.5) is 11.4 Å². The first kappa shape index (κ1) is 14.8. The Balaban J connectivity index is 2.21. The molecular weight excluding hydrogens is 296 g/mol. The molecule has 0 spiro atoms. The number of nitrogens with zero attached hydrogens (tertiary/aromatic N) is 1. The van der Waals surface area contributed by atoms with Gasteiger partial charge in [-0.2, -0.15) is 0 Å². The molecule has 0 heterocycles. The zero-order chi connectivity index (χ0) is 15.4. The van der Waals surface area contributed by atoms with Gasteiger partial charge in [-0.25, -0.2) is 4.79 Å². The van der Waals surface area contributed by atoms with Crippen molar-refractivity contribution in [3.63, 3.8) is 0 Å². The van der Waals surface area contributed by atoms with Crippen LogP contribution in [0.1, 0.15) is 15.9 Å². The summed E-state index contributed by atoms with van der Waals surface area (Å²) < 4.78 is 0. The summed E-state index contributed by atoms with van der Waals surface area (Å²) in [6.45, 7) is 0.252. The first-order valence-corrected chi connectivity index (χ1v) is 6.36. The molecule has 7 heteroatoms. The third-order valence-electron chi connectivity index (χ3n) is 2.83. The summed E-state index contributed by atoms with van der Waals surface area (Å²) in [5.74, 6) is -1.14. The van der Waals surface area contributed by atoms with Gasteiger partial charge in [0.15, 0.2) is 0 Å². The van der Waals surface area contributed by atoms with Crippen LogP contribution in [0.25, 0.3) is 0 Å². The van der Waals surface area contributed by atoms with E-state index in [2.05, 4.69) is 5.32 Å². The van der Waals surface area contributed by atoms with Gasteiger partial charge in [-0.05, 0) is 17.7 Å². The fourth-order valence-electron chi connectivity index (χ4n) is 1.87. The largest absolute Gasteiger partial charge is 0.478 e. The maximum absolute atomic E-state index is 11.2. The molecule has 2 aromatic carbocycles. The quantitative estimate of drug-likeness (QED) is 0.651. The second-order valence-electron chi connectivity index (χ2n) is 4.25. The van der Waals surface area contributed by atoms with E-state index in [0.717, 1.165) is 0 Å². The van der Waals surface area contributed by atoms with Crippen molar-refractivity contribution >= 4 is 28.9 Å². The standard InChI is InChI=1S/C14H11ClN2O4/c15-11-5-2-6-12(13(11)14(18)19)16-8-9-3-1-4-10(7-9)17(20)21/h1-7,16H,8H2,(H,18,19). The SMILES string of the molecule is O=C(O)c1c(Cl)cccc1NCc1cccc([N+](=O)[O-])c1. The van der Waals surface area contributed by atoms with Crippen LogP contribution in [-0.4, -0.2) is 16.0 Å². The van der Waals surface area contributed by atoms with Gasteiger partial charge in [0.25, 0.3) is 5.69 Å². The molecule has 0 amide bonds. The molecule has 0 radical (unpaired) electrons. The highest BCUT2D eigenvalue weighted by molar-refractivity contribution is 6.34. The van der Waals surface area contributed by atoms with E-state index in [-0.39, 0.29) is 22.8 Å². The Kier molecular flexibility index (Phi) is 4.39. The van der Waals surface area contributed by atoms with Gasteiger partial charge in [-0.3, -0.25) is 10.1 Å². The van der Waals surface area contributed by atoms with E-state index in [4.69, 9.17) is 16.7 Å². The van der Waals surface area contributed by atoms with E-state index in [1.807, 2.05) is 0 Å². The van der Waals surface area contributed by atoms with E-state index in [9.17, 15) is 14.9 Å². The van der Waals surface area contributed by atoms with Gasteiger partial charge in [0.1, 0.15) is 5.56 Å². The number of carboxylic acids is 1. The Labute approximate surface area is 125 Å². The molecule has 0 saturated heterocycles. The Morgan fingerprint density at radius 1 is 1.29 bits per heavy atom. The van der Waals surface area contributed by atoms with Crippen LogP contribution in [0.15, 0.2) is 42.5 Å². The number of rotatable bonds is 5. The van der Waals surface area contributed by atoms with Gasteiger partial charge in [0.2, 0.25) is 0 Å². The lowest BCUT2D eigenvalue weighted by molar-refractivity contribution is -0.384. The number of anilines is 1. The van der Waals surface area contributed by atoms with Crippen LogP contribution in [0.5, 0.6) is 0 Å². The molecule has 21 heavy (non-hydrogen) atoms. The number of nitro benzene ring substituents is 1. The first-order chi connectivity index (χ1) is 9.99. The topological polar surface area (TPSA) is 92.5 Å². The van der Waals surface area contributed by atoms with E-state index in [0.29, 0.717) is 11.3 Å². The highest BCUT2D eigenvalue weighted by Crippen LogP contribution is 2.25. The Bertz CT molecular complexity index is 703. The second kappa shape index (κ2) is 6.23. The van der Waals surface area contributed by atoms with Gasteiger partial charge < -0.3 is 10.4 Å². The van der Waals surface area contributed by atoms with Crippen molar-refractivity contribution in [2.45, 2.75) is 6.54 Å². The van der Waals surface area contributed by atoms with Crippen LogP contribution in [0, 0.1) is 10.1 Å². The highest BCUT2D eigenvalue weighted by atomic mass is 35.5. The predicted molar refractivity (Wildman–Crippen MR) is 78.8 cm³/mol. The second-order valence-corrected chi connectivity index (χ2v) is 4.66. The van der Waals surface area contributed by atoms with Crippen molar-refractivity contribution < 1.29 is 14.8 Å². The van der Waals surface area contributed by atoms with E-state index in [1.54, 1.807) is 24.3 Å². The minimum absolute atomic E-state index is 0.0150. The van der Waals surface area contributed by atoms with Crippen LogP contribution in [-0.2, 0) is 6.54 Å². The minimum Gasteiger partial charge on any atom is -0.478 e. The lowest BCUT2D eigenvalue weighted by atomic mass is 10.1.